The Morgan fingerprint density at radius 3 is 2.24 bits per heavy atom. The number of hydrogen-bond donors (Lipinski definition) is 2. The third kappa shape index (κ3) is 5.07. The van der Waals surface area contributed by atoms with Crippen molar-refractivity contribution in [1.82, 2.24) is 9.88 Å². The maximum Gasteiger partial charge on any atom is 0.238 e. The SMILES string of the molecule is CCN(CC(=O)Nc1c(Cl)cccc1Cl)C(C)C(=O)c1[nH]c(C)c(C(C)=O)c1C. The van der Waals surface area contributed by atoms with E-state index in [-0.39, 0.29) is 24.0 Å². The van der Waals surface area contributed by atoms with Crippen LogP contribution in [0.3, 0.4) is 0 Å². The second-order valence-electron chi connectivity index (χ2n) is 6.93. The molecule has 29 heavy (non-hydrogen) atoms. The number of nitrogens with zero attached hydrogens (tertiary/aromatic N) is 1. The summed E-state index contributed by atoms with van der Waals surface area (Å²) in [5, 5.41) is 3.39. The van der Waals surface area contributed by atoms with Gasteiger partial charge in [-0.2, -0.15) is 0 Å². The molecule has 156 valence electrons. The van der Waals surface area contributed by atoms with Gasteiger partial charge in [-0.05, 0) is 51.9 Å². The summed E-state index contributed by atoms with van der Waals surface area (Å²) in [6.07, 6.45) is 0. The first-order valence-electron chi connectivity index (χ1n) is 9.30. The van der Waals surface area contributed by atoms with E-state index in [0.717, 1.165) is 0 Å². The lowest BCUT2D eigenvalue weighted by molar-refractivity contribution is -0.117. The van der Waals surface area contributed by atoms with Gasteiger partial charge in [0.05, 0.1) is 34.0 Å². The minimum atomic E-state index is -0.566. The van der Waals surface area contributed by atoms with E-state index in [2.05, 4.69) is 10.3 Å². The molecule has 1 heterocycles. The number of nitrogens with one attached hydrogen (secondary N) is 2. The van der Waals surface area contributed by atoms with Gasteiger partial charge in [0.1, 0.15) is 0 Å². The molecule has 0 aliphatic rings. The number of aromatic nitrogens is 1. The van der Waals surface area contributed by atoms with Crippen LogP contribution in [0.25, 0.3) is 0 Å². The highest BCUT2D eigenvalue weighted by molar-refractivity contribution is 6.39. The second-order valence-corrected chi connectivity index (χ2v) is 7.74. The predicted molar refractivity (Wildman–Crippen MR) is 116 cm³/mol. The number of Topliss-reactive ketones (excluding diaryl/α,β-unsaturated/α-hetero) is 2. The lowest BCUT2D eigenvalue weighted by atomic mass is 10.0. The van der Waals surface area contributed by atoms with Crippen LogP contribution >= 0.6 is 23.2 Å². The van der Waals surface area contributed by atoms with Crippen LogP contribution in [-0.2, 0) is 4.79 Å². The van der Waals surface area contributed by atoms with Crippen LogP contribution < -0.4 is 5.32 Å². The summed E-state index contributed by atoms with van der Waals surface area (Å²) in [5.41, 5.74) is 2.58. The molecule has 1 atom stereocenters. The Morgan fingerprint density at radius 1 is 1.17 bits per heavy atom. The summed E-state index contributed by atoms with van der Waals surface area (Å²) in [5.74, 6) is -0.597. The van der Waals surface area contributed by atoms with Crippen molar-refractivity contribution < 1.29 is 14.4 Å². The number of H-pyrrole nitrogens is 1. The number of rotatable bonds is 8. The molecular weight excluding hydrogens is 413 g/mol. The van der Waals surface area contributed by atoms with E-state index in [1.165, 1.54) is 6.92 Å². The summed E-state index contributed by atoms with van der Waals surface area (Å²) < 4.78 is 0. The van der Waals surface area contributed by atoms with Gasteiger partial charge in [-0.1, -0.05) is 36.2 Å². The molecule has 2 N–H and O–H groups in total. The number of anilines is 1. The number of carbonyl (C=O) groups excluding carboxylic acids is 3. The van der Waals surface area contributed by atoms with Gasteiger partial charge in [-0.25, -0.2) is 0 Å². The Kier molecular flexibility index (Phi) is 7.63. The van der Waals surface area contributed by atoms with Crippen LogP contribution in [0.15, 0.2) is 18.2 Å². The molecule has 0 aliphatic heterocycles. The Bertz CT molecular complexity index is 933. The summed E-state index contributed by atoms with van der Waals surface area (Å²) >= 11 is 12.2. The molecule has 0 saturated heterocycles. The van der Waals surface area contributed by atoms with Crippen molar-refractivity contribution in [3.63, 3.8) is 0 Å². The van der Waals surface area contributed by atoms with Crippen molar-refractivity contribution in [3.05, 3.63) is 50.8 Å². The van der Waals surface area contributed by atoms with Gasteiger partial charge in [-0.3, -0.25) is 19.3 Å². The smallest absolute Gasteiger partial charge is 0.238 e. The van der Waals surface area contributed by atoms with E-state index in [9.17, 15) is 14.4 Å². The van der Waals surface area contributed by atoms with Crippen molar-refractivity contribution in [3.8, 4) is 0 Å². The number of likely N-dealkylation sites (N-methyl/N-ethyl adjacent to an activating group) is 1. The molecule has 0 saturated carbocycles. The summed E-state index contributed by atoms with van der Waals surface area (Å²) in [6, 6.07) is 4.39. The standard InChI is InChI=1S/C21H25Cl2N3O3/c1-6-26(10-17(28)25-20-15(22)8-7-9-16(20)23)13(4)21(29)19-11(2)18(14(5)27)12(3)24-19/h7-9,13,24H,6,10H2,1-5H3,(H,25,28). The van der Waals surface area contributed by atoms with Gasteiger partial charge in [0, 0.05) is 11.3 Å². The number of halogens is 2. The van der Waals surface area contributed by atoms with Crippen molar-refractivity contribution in [2.24, 2.45) is 0 Å². The number of hydrogen-bond acceptors (Lipinski definition) is 4. The highest BCUT2D eigenvalue weighted by Gasteiger charge is 2.28. The van der Waals surface area contributed by atoms with Gasteiger partial charge in [0.2, 0.25) is 5.91 Å². The first-order valence-corrected chi connectivity index (χ1v) is 10.1. The van der Waals surface area contributed by atoms with Gasteiger partial charge in [-0.15, -0.1) is 0 Å². The number of para-hydroxylation sites is 1. The van der Waals surface area contributed by atoms with Crippen molar-refractivity contribution in [1.29, 1.82) is 0 Å². The van der Waals surface area contributed by atoms with Gasteiger partial charge in [0.25, 0.3) is 0 Å². The van der Waals surface area contributed by atoms with E-state index in [4.69, 9.17) is 23.2 Å². The fourth-order valence-electron chi connectivity index (χ4n) is 3.40. The molecule has 0 fully saturated rings. The fourth-order valence-corrected chi connectivity index (χ4v) is 3.89. The maximum absolute atomic E-state index is 13.0. The number of ketones is 2. The lowest BCUT2D eigenvalue weighted by Gasteiger charge is -2.26. The molecule has 2 rings (SSSR count). The molecule has 1 aromatic carbocycles. The molecule has 8 heteroatoms. The molecule has 0 aliphatic carbocycles. The number of carbonyl (C=O) groups is 3. The summed E-state index contributed by atoms with van der Waals surface area (Å²) in [7, 11) is 0. The van der Waals surface area contributed by atoms with E-state index < -0.39 is 6.04 Å². The van der Waals surface area contributed by atoms with Crippen molar-refractivity contribution in [2.75, 3.05) is 18.4 Å². The molecule has 0 spiro atoms. The number of aromatic amines is 1. The molecule has 0 radical (unpaired) electrons. The maximum atomic E-state index is 13.0. The Morgan fingerprint density at radius 2 is 1.76 bits per heavy atom. The van der Waals surface area contributed by atoms with Crippen LogP contribution in [0, 0.1) is 13.8 Å². The van der Waals surface area contributed by atoms with E-state index >= 15 is 0 Å². The first-order chi connectivity index (χ1) is 13.6. The average Bonchev–Trinajstić information content (AvgIpc) is 2.96. The minimum Gasteiger partial charge on any atom is -0.355 e. The largest absolute Gasteiger partial charge is 0.355 e. The number of aryl methyl sites for hydroxylation is 1. The summed E-state index contributed by atoms with van der Waals surface area (Å²) in [6.45, 7) is 9.08. The van der Waals surface area contributed by atoms with Crippen LogP contribution in [0.4, 0.5) is 5.69 Å². The number of amides is 1. The van der Waals surface area contributed by atoms with E-state index in [0.29, 0.717) is 44.8 Å². The van der Waals surface area contributed by atoms with Gasteiger partial charge in [0.15, 0.2) is 11.6 Å². The van der Waals surface area contributed by atoms with Crippen LogP contribution in [-0.4, -0.2) is 46.5 Å². The van der Waals surface area contributed by atoms with E-state index in [1.807, 2.05) is 6.92 Å². The minimum absolute atomic E-state index is 0.0107. The highest BCUT2D eigenvalue weighted by Crippen LogP contribution is 2.29. The molecule has 1 aromatic heterocycles. The Labute approximate surface area is 180 Å². The molecule has 2 aromatic rings. The zero-order valence-electron chi connectivity index (χ0n) is 17.2. The van der Waals surface area contributed by atoms with Crippen LogP contribution in [0.1, 0.15) is 52.9 Å². The zero-order chi connectivity index (χ0) is 21.9. The quantitative estimate of drug-likeness (QED) is 0.587. The first kappa shape index (κ1) is 23.1. The van der Waals surface area contributed by atoms with Crippen LogP contribution in [0.2, 0.25) is 10.0 Å². The highest BCUT2D eigenvalue weighted by atomic mass is 35.5. The Hall–Kier alpha value is -2.15. The third-order valence-electron chi connectivity index (χ3n) is 4.94. The molecular formula is C21H25Cl2N3O3. The lowest BCUT2D eigenvalue weighted by Crippen LogP contribution is -2.43. The number of benzene rings is 1. The molecule has 1 amide bonds. The molecule has 0 bridgehead atoms. The monoisotopic (exact) mass is 437 g/mol. The van der Waals surface area contributed by atoms with Gasteiger partial charge >= 0.3 is 0 Å². The summed E-state index contributed by atoms with van der Waals surface area (Å²) in [4.78, 5) is 42.2. The van der Waals surface area contributed by atoms with Crippen molar-refractivity contribution >= 4 is 46.4 Å². The van der Waals surface area contributed by atoms with Gasteiger partial charge < -0.3 is 10.3 Å². The Balaban J connectivity index is 2.17. The molecule has 1 unspecified atom stereocenters. The third-order valence-corrected chi connectivity index (χ3v) is 5.57. The van der Waals surface area contributed by atoms with E-state index in [1.54, 1.807) is 43.9 Å². The van der Waals surface area contributed by atoms with Crippen molar-refractivity contribution in [2.45, 2.75) is 40.7 Å². The predicted octanol–water partition coefficient (Wildman–Crippen LogP) is 4.67. The topological polar surface area (TPSA) is 82.3 Å². The second kappa shape index (κ2) is 9.57. The normalized spacial score (nSPS) is 12.1. The molecule has 6 nitrogen and oxygen atoms in total. The fraction of sp³-hybridized carbons (Fsp3) is 0.381. The van der Waals surface area contributed by atoms with Crippen LogP contribution in [0.5, 0.6) is 0 Å². The average molecular weight is 438 g/mol. The zero-order valence-corrected chi connectivity index (χ0v) is 18.7.